The van der Waals surface area contributed by atoms with E-state index in [-0.39, 0.29) is 0 Å². The molecule has 0 saturated carbocycles. The highest BCUT2D eigenvalue weighted by atomic mass is 16.3. The van der Waals surface area contributed by atoms with E-state index >= 15 is 0 Å². The van der Waals surface area contributed by atoms with Gasteiger partial charge in [-0.3, -0.25) is 0 Å². The third-order valence-corrected chi connectivity index (χ3v) is 5.63. The van der Waals surface area contributed by atoms with Gasteiger partial charge < -0.3 is 10.2 Å². The molecule has 0 amide bonds. The molecule has 0 bridgehead atoms. The van der Waals surface area contributed by atoms with E-state index in [1.54, 1.807) is 12.2 Å². The zero-order valence-electron chi connectivity index (χ0n) is 20.4. The van der Waals surface area contributed by atoms with Crippen LogP contribution in [0, 0.1) is 24.7 Å². The van der Waals surface area contributed by atoms with E-state index in [0.29, 0.717) is 0 Å². The molecule has 2 atom stereocenters. The van der Waals surface area contributed by atoms with Crippen molar-refractivity contribution in [1.82, 2.24) is 0 Å². The molecule has 2 N–H and O–H groups in total. The minimum atomic E-state index is -0.721. The molecule has 0 saturated heterocycles. The van der Waals surface area contributed by atoms with Gasteiger partial charge in [-0.2, -0.15) is 0 Å². The molecule has 0 rings (SSSR count). The quantitative estimate of drug-likeness (QED) is 0.103. The van der Waals surface area contributed by atoms with Gasteiger partial charge >= 0.3 is 0 Å². The lowest BCUT2D eigenvalue weighted by atomic mass is 10.1. The zero-order chi connectivity index (χ0) is 23.5. The summed E-state index contributed by atoms with van der Waals surface area (Å²) in [6.45, 7) is 0. The highest BCUT2D eigenvalue weighted by Gasteiger charge is 1.94. The summed E-state index contributed by atoms with van der Waals surface area (Å²) in [6.07, 6.45) is 43.7. The van der Waals surface area contributed by atoms with Gasteiger partial charge in [0.15, 0.2) is 0 Å². The van der Waals surface area contributed by atoms with Crippen LogP contribution in [0.2, 0.25) is 0 Å². The lowest BCUT2D eigenvalue weighted by Crippen LogP contribution is -1.95. The summed E-state index contributed by atoms with van der Waals surface area (Å²) in [7, 11) is 0. The Morgan fingerprint density at radius 1 is 0.438 bits per heavy atom. The maximum atomic E-state index is 9.21. The Hall–Kier alpha value is -1.74. The van der Waals surface area contributed by atoms with Crippen LogP contribution in [0.3, 0.4) is 0 Å². The number of hydrogen-bond donors (Lipinski definition) is 2. The van der Waals surface area contributed by atoms with E-state index < -0.39 is 12.2 Å². The number of hydrogen-bond acceptors (Lipinski definition) is 2. The SMILES string of the molecule is C#C[C@@H](O)/C=C/CCCCCCCCC/C=C/CCCCCCCCC/C=C/[C@H](O)C#C. The van der Waals surface area contributed by atoms with Crippen LogP contribution in [-0.4, -0.2) is 22.4 Å². The Labute approximate surface area is 199 Å². The molecular weight excluding hydrogens is 392 g/mol. The Morgan fingerprint density at radius 2 is 0.688 bits per heavy atom. The predicted octanol–water partition coefficient (Wildman–Crippen LogP) is 7.67. The monoisotopic (exact) mass is 440 g/mol. The number of rotatable bonds is 22. The molecule has 0 aromatic heterocycles. The zero-order valence-corrected chi connectivity index (χ0v) is 20.4. The summed E-state index contributed by atoms with van der Waals surface area (Å²) in [5.41, 5.74) is 0. The van der Waals surface area contributed by atoms with E-state index in [2.05, 4.69) is 24.0 Å². The molecule has 180 valence electrons. The minimum Gasteiger partial charge on any atom is -0.377 e. The standard InChI is InChI=1S/C30H48O2/c1-3-29(31)27-25-23-21-19-17-15-13-11-9-7-5-6-8-10-12-14-16-18-20-22-24-26-28-30(32)4-2/h1-2,5-6,25-32H,7-24H2/b6-5+,27-25+,28-26+/t29-,30-/m1/s1. The fraction of sp³-hybridized carbons (Fsp3) is 0.667. The average molecular weight is 441 g/mol. The van der Waals surface area contributed by atoms with Crippen molar-refractivity contribution in [1.29, 1.82) is 0 Å². The van der Waals surface area contributed by atoms with E-state index in [1.165, 1.54) is 103 Å². The number of terminal acetylenes is 2. The molecule has 0 unspecified atom stereocenters. The highest BCUT2D eigenvalue weighted by molar-refractivity contribution is 5.06. The third-order valence-electron chi connectivity index (χ3n) is 5.63. The molecule has 0 aromatic carbocycles. The van der Waals surface area contributed by atoms with E-state index in [9.17, 15) is 10.2 Å². The topological polar surface area (TPSA) is 40.5 Å². The van der Waals surface area contributed by atoms with E-state index in [0.717, 1.165) is 12.8 Å². The molecule has 0 radical (unpaired) electrons. The first-order chi connectivity index (χ1) is 15.7. The normalized spacial score (nSPS) is 13.6. The second kappa shape index (κ2) is 25.5. The van der Waals surface area contributed by atoms with E-state index in [1.807, 2.05) is 12.2 Å². The maximum absolute atomic E-state index is 9.21. The molecule has 32 heavy (non-hydrogen) atoms. The van der Waals surface area contributed by atoms with Gasteiger partial charge in [0.05, 0.1) is 0 Å². The summed E-state index contributed by atoms with van der Waals surface area (Å²) in [5, 5.41) is 18.4. The van der Waals surface area contributed by atoms with Gasteiger partial charge in [0.1, 0.15) is 12.2 Å². The van der Waals surface area contributed by atoms with Gasteiger partial charge in [-0.25, -0.2) is 0 Å². The molecule has 0 spiro atoms. The van der Waals surface area contributed by atoms with Crippen LogP contribution in [-0.2, 0) is 0 Å². The molecule has 0 heterocycles. The Bertz CT molecular complexity index is 508. The fourth-order valence-electron chi connectivity index (χ4n) is 3.61. The van der Waals surface area contributed by atoms with E-state index in [4.69, 9.17) is 12.8 Å². The summed E-state index contributed by atoms with van der Waals surface area (Å²) in [6, 6.07) is 0. The summed E-state index contributed by atoms with van der Waals surface area (Å²) < 4.78 is 0. The maximum Gasteiger partial charge on any atom is 0.133 e. The Kier molecular flexibility index (Phi) is 24.1. The molecule has 0 aromatic rings. The summed E-state index contributed by atoms with van der Waals surface area (Å²) in [5.74, 6) is 4.57. The molecule has 2 heteroatoms. The van der Waals surface area contributed by atoms with Crippen LogP contribution in [0.15, 0.2) is 36.5 Å². The first kappa shape index (κ1) is 30.3. The van der Waals surface area contributed by atoms with Crippen LogP contribution in [0.4, 0.5) is 0 Å². The molecule has 0 aliphatic rings. The second-order valence-electron chi connectivity index (χ2n) is 8.66. The van der Waals surface area contributed by atoms with Crippen molar-refractivity contribution in [3.8, 4) is 24.7 Å². The van der Waals surface area contributed by atoms with Crippen molar-refractivity contribution in [2.75, 3.05) is 0 Å². The number of unbranched alkanes of at least 4 members (excludes halogenated alkanes) is 16. The summed E-state index contributed by atoms with van der Waals surface area (Å²) in [4.78, 5) is 0. The van der Waals surface area contributed by atoms with Crippen molar-refractivity contribution < 1.29 is 10.2 Å². The van der Waals surface area contributed by atoms with Gasteiger partial charge in [0.2, 0.25) is 0 Å². The number of allylic oxidation sites excluding steroid dienone is 4. The van der Waals surface area contributed by atoms with Crippen LogP contribution in [0.25, 0.3) is 0 Å². The molecule has 0 aliphatic heterocycles. The number of aliphatic hydroxyl groups is 2. The van der Waals surface area contributed by atoms with Gasteiger partial charge in [0.25, 0.3) is 0 Å². The van der Waals surface area contributed by atoms with Gasteiger partial charge in [-0.1, -0.05) is 100 Å². The smallest absolute Gasteiger partial charge is 0.133 e. The second-order valence-corrected chi connectivity index (χ2v) is 8.66. The fourth-order valence-corrected chi connectivity index (χ4v) is 3.61. The largest absolute Gasteiger partial charge is 0.377 e. The first-order valence-electron chi connectivity index (χ1n) is 13.0. The Morgan fingerprint density at radius 3 is 0.969 bits per heavy atom. The van der Waals surface area contributed by atoms with Crippen LogP contribution >= 0.6 is 0 Å². The highest BCUT2D eigenvalue weighted by Crippen LogP contribution is 2.12. The van der Waals surface area contributed by atoms with Crippen LogP contribution < -0.4 is 0 Å². The van der Waals surface area contributed by atoms with Gasteiger partial charge in [-0.05, 0) is 63.5 Å². The predicted molar refractivity (Wildman–Crippen MR) is 140 cm³/mol. The van der Waals surface area contributed by atoms with Crippen molar-refractivity contribution in [2.45, 2.75) is 128 Å². The van der Waals surface area contributed by atoms with Crippen molar-refractivity contribution >= 4 is 0 Å². The third kappa shape index (κ3) is 24.5. The Balaban J connectivity index is 3.21. The molecule has 0 aliphatic carbocycles. The molecule has 2 nitrogen and oxygen atoms in total. The van der Waals surface area contributed by atoms with Gasteiger partial charge in [0, 0.05) is 0 Å². The number of aliphatic hydroxyl groups excluding tert-OH is 2. The van der Waals surface area contributed by atoms with Crippen LogP contribution in [0.5, 0.6) is 0 Å². The lowest BCUT2D eigenvalue weighted by molar-refractivity contribution is 0.280. The first-order valence-corrected chi connectivity index (χ1v) is 13.0. The molecular formula is C30H48O2. The minimum absolute atomic E-state index is 0.721. The van der Waals surface area contributed by atoms with Gasteiger partial charge in [-0.15, -0.1) is 12.8 Å². The van der Waals surface area contributed by atoms with Crippen LogP contribution in [0.1, 0.15) is 116 Å². The summed E-state index contributed by atoms with van der Waals surface area (Å²) >= 11 is 0. The van der Waals surface area contributed by atoms with Crippen molar-refractivity contribution in [2.24, 2.45) is 0 Å². The van der Waals surface area contributed by atoms with Crippen molar-refractivity contribution in [3.63, 3.8) is 0 Å². The average Bonchev–Trinajstić information content (AvgIpc) is 2.81. The lowest BCUT2D eigenvalue weighted by Gasteiger charge is -2.01. The van der Waals surface area contributed by atoms with Crippen molar-refractivity contribution in [3.05, 3.63) is 36.5 Å². The molecule has 0 fully saturated rings.